The summed E-state index contributed by atoms with van der Waals surface area (Å²) in [6.45, 7) is 11.0. The van der Waals surface area contributed by atoms with Crippen LogP contribution in [0.15, 0.2) is 30.3 Å². The number of benzene rings is 1. The molecule has 1 atom stereocenters. The van der Waals surface area contributed by atoms with Crippen LogP contribution in [-0.4, -0.2) is 43.5 Å². The van der Waals surface area contributed by atoms with Crippen molar-refractivity contribution in [1.29, 1.82) is 0 Å². The first-order chi connectivity index (χ1) is 13.9. The minimum absolute atomic E-state index is 0.139. The molecule has 1 unspecified atom stereocenters. The van der Waals surface area contributed by atoms with E-state index in [9.17, 15) is 9.59 Å². The minimum atomic E-state index is -0.671. The molecule has 0 aliphatic heterocycles. The van der Waals surface area contributed by atoms with Gasteiger partial charge in [0, 0.05) is 17.5 Å². The van der Waals surface area contributed by atoms with Gasteiger partial charge in [-0.3, -0.25) is 4.79 Å². The number of hydrogen-bond acceptors (Lipinski definition) is 7. The molecule has 1 heterocycles. The molecule has 0 bridgehead atoms. The van der Waals surface area contributed by atoms with Crippen LogP contribution in [0.5, 0.6) is 0 Å². The molecule has 0 radical (unpaired) electrons. The fraction of sp³-hybridized carbons (Fsp3) is 0.524. The van der Waals surface area contributed by atoms with E-state index in [1.165, 1.54) is 0 Å². The summed E-state index contributed by atoms with van der Waals surface area (Å²) in [5.41, 5.74) is -0.222. The average Bonchev–Trinajstić information content (AvgIpc) is 2.63. The summed E-state index contributed by atoms with van der Waals surface area (Å²) in [5.74, 6) is 0.449. The van der Waals surface area contributed by atoms with Crippen molar-refractivity contribution >= 4 is 12.0 Å². The highest BCUT2D eigenvalue weighted by molar-refractivity contribution is 5.76. The third kappa shape index (κ3) is 8.10. The number of aromatic nitrogens is 4. The Bertz CT molecular complexity index is 842. The number of alkyl carbamates (subject to hydrolysis) is 1. The van der Waals surface area contributed by atoms with Crippen molar-refractivity contribution in [3.05, 3.63) is 36.2 Å². The summed E-state index contributed by atoms with van der Waals surface area (Å²) in [6, 6.07) is 8.66. The molecule has 2 aromatic rings. The van der Waals surface area contributed by atoms with Crippen molar-refractivity contribution in [1.82, 2.24) is 31.0 Å². The van der Waals surface area contributed by atoms with Gasteiger partial charge >= 0.3 is 6.09 Å². The number of carbonyl (C=O) groups excluding carboxylic acids is 2. The Kier molecular flexibility index (Phi) is 7.42. The van der Waals surface area contributed by atoms with Gasteiger partial charge < -0.3 is 15.4 Å². The van der Waals surface area contributed by atoms with Crippen LogP contribution < -0.4 is 10.6 Å². The lowest BCUT2D eigenvalue weighted by Gasteiger charge is -2.24. The normalized spacial score (nSPS) is 12.7. The maximum Gasteiger partial charge on any atom is 0.408 e. The summed E-state index contributed by atoms with van der Waals surface area (Å²) in [5, 5.41) is 22.1. The van der Waals surface area contributed by atoms with E-state index >= 15 is 0 Å². The lowest BCUT2D eigenvalue weighted by atomic mass is 10.1. The predicted octanol–water partition coefficient (Wildman–Crippen LogP) is 3.19. The van der Waals surface area contributed by atoms with Crippen LogP contribution in [0.2, 0.25) is 0 Å². The molecule has 0 spiro atoms. The van der Waals surface area contributed by atoms with Crippen molar-refractivity contribution in [2.45, 2.75) is 71.6 Å². The molecule has 2 N–H and O–H groups in total. The second-order valence-corrected chi connectivity index (χ2v) is 8.98. The minimum Gasteiger partial charge on any atom is -0.444 e. The lowest BCUT2D eigenvalue weighted by Crippen LogP contribution is -2.41. The third-order valence-electron chi connectivity index (χ3n) is 3.70. The zero-order chi connectivity index (χ0) is 22.4. The molecular formula is C21H30N6O3. The fourth-order valence-corrected chi connectivity index (χ4v) is 2.55. The summed E-state index contributed by atoms with van der Waals surface area (Å²) < 4.78 is 5.32. The van der Waals surface area contributed by atoms with Gasteiger partial charge in [-0.1, -0.05) is 30.3 Å². The van der Waals surface area contributed by atoms with E-state index in [4.69, 9.17) is 4.74 Å². The lowest BCUT2D eigenvalue weighted by molar-refractivity contribution is -0.122. The van der Waals surface area contributed by atoms with E-state index in [0.717, 1.165) is 5.56 Å². The second kappa shape index (κ2) is 9.60. The Hall–Kier alpha value is -3.10. The van der Waals surface area contributed by atoms with Gasteiger partial charge in [-0.15, -0.1) is 20.4 Å². The van der Waals surface area contributed by atoms with Gasteiger partial charge in [0.1, 0.15) is 5.60 Å². The number of nitrogens with one attached hydrogen (secondary N) is 2. The van der Waals surface area contributed by atoms with Crippen LogP contribution in [-0.2, 0) is 9.53 Å². The topological polar surface area (TPSA) is 119 Å². The third-order valence-corrected chi connectivity index (χ3v) is 3.70. The molecule has 2 amide bonds. The monoisotopic (exact) mass is 414 g/mol. The number of ether oxygens (including phenoxy) is 1. The number of amides is 2. The van der Waals surface area contributed by atoms with Crippen molar-refractivity contribution in [2.75, 3.05) is 0 Å². The Morgan fingerprint density at radius 1 is 0.967 bits per heavy atom. The molecule has 9 heteroatoms. The van der Waals surface area contributed by atoms with Crippen LogP contribution in [0, 0.1) is 0 Å². The zero-order valence-electron chi connectivity index (χ0n) is 18.4. The number of hydrogen-bond donors (Lipinski definition) is 2. The largest absolute Gasteiger partial charge is 0.444 e. The smallest absolute Gasteiger partial charge is 0.408 e. The van der Waals surface area contributed by atoms with Gasteiger partial charge in [-0.25, -0.2) is 4.79 Å². The summed E-state index contributed by atoms with van der Waals surface area (Å²) in [6.07, 6.45) is -0.184. The van der Waals surface area contributed by atoms with Gasteiger partial charge in [0.2, 0.25) is 11.7 Å². The van der Waals surface area contributed by atoms with Gasteiger partial charge in [-0.2, -0.15) is 0 Å². The maximum atomic E-state index is 12.3. The molecule has 162 valence electrons. The number of nitrogens with zero attached hydrogens (tertiary/aromatic N) is 4. The van der Waals surface area contributed by atoms with Crippen LogP contribution in [0.4, 0.5) is 4.79 Å². The molecule has 0 fully saturated rings. The predicted molar refractivity (Wildman–Crippen MR) is 112 cm³/mol. The van der Waals surface area contributed by atoms with Crippen molar-refractivity contribution in [3.63, 3.8) is 0 Å². The molecular weight excluding hydrogens is 384 g/mol. The quantitative estimate of drug-likeness (QED) is 0.745. The van der Waals surface area contributed by atoms with Gasteiger partial charge in [0.05, 0.1) is 6.04 Å². The van der Waals surface area contributed by atoms with Gasteiger partial charge in [-0.05, 0) is 48.0 Å². The Morgan fingerprint density at radius 3 is 2.10 bits per heavy atom. The molecule has 0 saturated heterocycles. The summed E-state index contributed by atoms with van der Waals surface area (Å²) in [7, 11) is 0. The molecule has 1 aromatic heterocycles. The Labute approximate surface area is 177 Å². The standard InChI is InChI=1S/C21H30N6O3/c1-20(2,3)23-16(28)13-12-15(22-19(29)30-21(4,5)6)18-26-24-17(25-27-18)14-10-8-7-9-11-14/h7-11,15H,12-13H2,1-6H3,(H,22,29)(H,23,28). The molecule has 0 aliphatic rings. The highest BCUT2D eigenvalue weighted by atomic mass is 16.6. The van der Waals surface area contributed by atoms with E-state index < -0.39 is 17.7 Å². The number of rotatable bonds is 6. The summed E-state index contributed by atoms with van der Waals surface area (Å²) >= 11 is 0. The average molecular weight is 415 g/mol. The second-order valence-electron chi connectivity index (χ2n) is 8.98. The number of carbonyl (C=O) groups is 2. The van der Waals surface area contributed by atoms with Gasteiger partial charge in [0.25, 0.3) is 0 Å². The van der Waals surface area contributed by atoms with Crippen LogP contribution in [0.25, 0.3) is 11.4 Å². The van der Waals surface area contributed by atoms with Crippen LogP contribution in [0.3, 0.4) is 0 Å². The van der Waals surface area contributed by atoms with Crippen LogP contribution >= 0.6 is 0 Å². The van der Waals surface area contributed by atoms with Crippen molar-refractivity contribution in [3.8, 4) is 11.4 Å². The Morgan fingerprint density at radius 2 is 1.57 bits per heavy atom. The zero-order valence-corrected chi connectivity index (χ0v) is 18.4. The van der Waals surface area contributed by atoms with E-state index in [1.54, 1.807) is 20.8 Å². The maximum absolute atomic E-state index is 12.3. The first kappa shape index (κ1) is 23.2. The first-order valence-corrected chi connectivity index (χ1v) is 9.86. The van der Waals surface area contributed by atoms with E-state index in [2.05, 4.69) is 31.0 Å². The molecule has 1 aromatic carbocycles. The van der Waals surface area contributed by atoms with E-state index in [1.807, 2.05) is 51.1 Å². The molecule has 30 heavy (non-hydrogen) atoms. The fourth-order valence-electron chi connectivity index (χ4n) is 2.55. The van der Waals surface area contributed by atoms with Crippen molar-refractivity contribution in [2.24, 2.45) is 0 Å². The SMILES string of the molecule is CC(C)(C)NC(=O)CCC(NC(=O)OC(C)(C)C)c1nnc(-c2ccccc2)nn1. The van der Waals surface area contributed by atoms with E-state index in [-0.39, 0.29) is 30.1 Å². The first-order valence-electron chi connectivity index (χ1n) is 9.86. The molecule has 2 rings (SSSR count). The molecule has 0 aliphatic carbocycles. The highest BCUT2D eigenvalue weighted by Crippen LogP contribution is 2.18. The van der Waals surface area contributed by atoms with E-state index in [0.29, 0.717) is 5.82 Å². The highest BCUT2D eigenvalue weighted by Gasteiger charge is 2.24. The molecule has 9 nitrogen and oxygen atoms in total. The summed E-state index contributed by atoms with van der Waals surface area (Å²) in [4.78, 5) is 24.5. The van der Waals surface area contributed by atoms with Gasteiger partial charge in [0.15, 0.2) is 5.82 Å². The van der Waals surface area contributed by atoms with Crippen molar-refractivity contribution < 1.29 is 14.3 Å². The Balaban J connectivity index is 2.15. The molecule has 0 saturated carbocycles. The van der Waals surface area contributed by atoms with Crippen LogP contribution in [0.1, 0.15) is 66.3 Å².